The highest BCUT2D eigenvalue weighted by Gasteiger charge is 2.33. The number of hydrogen-bond acceptors (Lipinski definition) is 5. The van der Waals surface area contributed by atoms with Gasteiger partial charge >= 0.3 is 13.6 Å². The van der Waals surface area contributed by atoms with Crippen LogP contribution in [0.5, 0.6) is 0 Å². The summed E-state index contributed by atoms with van der Waals surface area (Å²) in [7, 11) is -3.51. The van der Waals surface area contributed by atoms with Crippen molar-refractivity contribution in [1.29, 1.82) is 0 Å². The summed E-state index contributed by atoms with van der Waals surface area (Å²) in [5.74, 6) is -0.527. The maximum Gasteiger partial charge on any atom is 0.335 e. The van der Waals surface area contributed by atoms with Crippen molar-refractivity contribution in [2.75, 3.05) is 6.16 Å². The van der Waals surface area contributed by atoms with Gasteiger partial charge in [-0.05, 0) is 60.1 Å². The summed E-state index contributed by atoms with van der Waals surface area (Å²) < 4.78 is 29.9. The van der Waals surface area contributed by atoms with Crippen LogP contribution in [0.15, 0.2) is 35.9 Å². The van der Waals surface area contributed by atoms with E-state index < -0.39 is 19.2 Å². The average molecular weight is 382 g/mol. The first-order valence-electron chi connectivity index (χ1n) is 8.85. The Bertz CT molecular complexity index is 643. The van der Waals surface area contributed by atoms with E-state index >= 15 is 0 Å². The van der Waals surface area contributed by atoms with Crippen LogP contribution in [0.4, 0.5) is 0 Å². The first kappa shape index (κ1) is 22.6. The molecule has 0 saturated carbocycles. The average Bonchev–Trinajstić information content (AvgIpc) is 2.43. The lowest BCUT2D eigenvalue weighted by Crippen LogP contribution is -2.26. The van der Waals surface area contributed by atoms with Gasteiger partial charge in [0.1, 0.15) is 5.60 Å². The Hall–Kier alpha value is -1.42. The standard InChI is InChI=1S/C20H31O5P/c1-15(2)24-26(22,25-16(3)4)14-18(19(21)23-20(5,6)7)13-17-11-9-8-10-12-17/h8-13,15-16H,14H2,1-7H3/b18-13+. The highest BCUT2D eigenvalue weighted by Crippen LogP contribution is 2.52. The van der Waals surface area contributed by atoms with E-state index in [4.69, 9.17) is 13.8 Å². The summed E-state index contributed by atoms with van der Waals surface area (Å²) >= 11 is 0. The number of ether oxygens (including phenoxy) is 1. The van der Waals surface area contributed by atoms with Crippen LogP contribution in [0.1, 0.15) is 54.0 Å². The van der Waals surface area contributed by atoms with Gasteiger partial charge in [0.25, 0.3) is 0 Å². The van der Waals surface area contributed by atoms with E-state index in [0.717, 1.165) is 5.56 Å². The highest BCUT2D eigenvalue weighted by molar-refractivity contribution is 7.54. The molecule has 146 valence electrons. The number of hydrogen-bond donors (Lipinski definition) is 0. The van der Waals surface area contributed by atoms with Gasteiger partial charge in [0.2, 0.25) is 0 Å². The van der Waals surface area contributed by atoms with Crippen molar-refractivity contribution in [3.05, 3.63) is 41.5 Å². The fourth-order valence-corrected chi connectivity index (χ4v) is 4.33. The molecule has 0 spiro atoms. The summed E-state index contributed by atoms with van der Waals surface area (Å²) in [5.41, 5.74) is 0.416. The fourth-order valence-electron chi connectivity index (χ4n) is 2.21. The Morgan fingerprint density at radius 2 is 1.54 bits per heavy atom. The first-order valence-corrected chi connectivity index (χ1v) is 10.6. The number of esters is 1. The predicted octanol–water partition coefficient (Wildman–Crippen LogP) is 5.45. The molecule has 1 rings (SSSR count). The quantitative estimate of drug-likeness (QED) is 0.340. The van der Waals surface area contributed by atoms with Crippen molar-refractivity contribution in [2.45, 2.75) is 66.3 Å². The van der Waals surface area contributed by atoms with Crippen LogP contribution in [0.25, 0.3) is 6.08 Å². The molecule has 0 atom stereocenters. The maximum absolute atomic E-state index is 13.2. The molecule has 0 unspecified atom stereocenters. The fraction of sp³-hybridized carbons (Fsp3) is 0.550. The zero-order valence-corrected chi connectivity index (χ0v) is 17.7. The van der Waals surface area contributed by atoms with Crippen molar-refractivity contribution in [2.24, 2.45) is 0 Å². The number of carbonyl (C=O) groups is 1. The van der Waals surface area contributed by atoms with Crippen molar-refractivity contribution in [3.8, 4) is 0 Å². The van der Waals surface area contributed by atoms with Crippen molar-refractivity contribution in [3.63, 3.8) is 0 Å². The predicted molar refractivity (Wildman–Crippen MR) is 105 cm³/mol. The third-order valence-electron chi connectivity index (χ3n) is 2.91. The minimum absolute atomic E-state index is 0.146. The second kappa shape index (κ2) is 9.50. The van der Waals surface area contributed by atoms with Gasteiger partial charge in [0.05, 0.1) is 18.4 Å². The molecule has 0 saturated heterocycles. The molecule has 1 aromatic rings. The van der Waals surface area contributed by atoms with Gasteiger partial charge in [-0.15, -0.1) is 0 Å². The molecule has 0 N–H and O–H groups in total. The van der Waals surface area contributed by atoms with Gasteiger partial charge in [-0.2, -0.15) is 0 Å². The highest BCUT2D eigenvalue weighted by atomic mass is 31.2. The summed E-state index contributed by atoms with van der Waals surface area (Å²) in [6.45, 7) is 12.5. The molecule has 0 bridgehead atoms. The topological polar surface area (TPSA) is 61.8 Å². The summed E-state index contributed by atoms with van der Waals surface area (Å²) in [6, 6.07) is 9.35. The van der Waals surface area contributed by atoms with E-state index in [1.807, 2.05) is 30.3 Å². The van der Waals surface area contributed by atoms with E-state index in [-0.39, 0.29) is 23.9 Å². The van der Waals surface area contributed by atoms with Crippen LogP contribution in [-0.2, 0) is 23.1 Å². The third-order valence-corrected chi connectivity index (χ3v) is 5.12. The maximum atomic E-state index is 13.2. The van der Waals surface area contributed by atoms with Crippen molar-refractivity contribution in [1.82, 2.24) is 0 Å². The zero-order valence-electron chi connectivity index (χ0n) is 16.8. The van der Waals surface area contributed by atoms with Crippen LogP contribution in [0, 0.1) is 0 Å². The molecule has 0 fully saturated rings. The minimum atomic E-state index is -3.51. The van der Waals surface area contributed by atoms with Gasteiger partial charge in [-0.1, -0.05) is 30.3 Å². The van der Waals surface area contributed by atoms with Gasteiger partial charge in [-0.25, -0.2) is 4.79 Å². The van der Waals surface area contributed by atoms with Crippen LogP contribution in [0.3, 0.4) is 0 Å². The van der Waals surface area contributed by atoms with Gasteiger partial charge < -0.3 is 13.8 Å². The summed E-state index contributed by atoms with van der Waals surface area (Å²) in [5, 5.41) is 0. The first-order chi connectivity index (χ1) is 11.9. The Kier molecular flexibility index (Phi) is 8.26. The largest absolute Gasteiger partial charge is 0.457 e. The monoisotopic (exact) mass is 382 g/mol. The molecule has 0 aliphatic rings. The summed E-state index contributed by atoms with van der Waals surface area (Å²) in [4.78, 5) is 12.7. The van der Waals surface area contributed by atoms with Crippen LogP contribution < -0.4 is 0 Å². The molecule has 5 nitrogen and oxygen atoms in total. The molecule has 1 aromatic carbocycles. The SMILES string of the molecule is CC(C)OP(=O)(C/C(=C\c1ccccc1)C(=O)OC(C)(C)C)OC(C)C. The Balaban J connectivity index is 3.23. The second-order valence-electron chi connectivity index (χ2n) is 7.66. The van der Waals surface area contributed by atoms with Gasteiger partial charge in [0.15, 0.2) is 0 Å². The Morgan fingerprint density at radius 1 is 1.04 bits per heavy atom. The Morgan fingerprint density at radius 3 is 1.96 bits per heavy atom. The molecule has 6 heteroatoms. The summed E-state index contributed by atoms with van der Waals surface area (Å²) in [6.07, 6.45) is 0.939. The zero-order chi connectivity index (χ0) is 20.0. The van der Waals surface area contributed by atoms with Crippen molar-refractivity contribution >= 4 is 19.6 Å². The van der Waals surface area contributed by atoms with E-state index in [2.05, 4.69) is 0 Å². The van der Waals surface area contributed by atoms with E-state index in [1.54, 1.807) is 54.5 Å². The van der Waals surface area contributed by atoms with Crippen LogP contribution in [0.2, 0.25) is 0 Å². The van der Waals surface area contributed by atoms with E-state index in [1.165, 1.54) is 0 Å². The molecule has 0 heterocycles. The lowest BCUT2D eigenvalue weighted by atomic mass is 10.1. The normalized spacial score (nSPS) is 13.3. The Labute approximate surface area is 157 Å². The van der Waals surface area contributed by atoms with Crippen LogP contribution >= 0.6 is 7.60 Å². The second-order valence-corrected chi connectivity index (χ2v) is 9.62. The third kappa shape index (κ3) is 8.79. The lowest BCUT2D eigenvalue weighted by molar-refractivity contribution is -0.149. The van der Waals surface area contributed by atoms with E-state index in [0.29, 0.717) is 0 Å². The number of rotatable bonds is 8. The van der Waals surface area contributed by atoms with Crippen LogP contribution in [-0.4, -0.2) is 29.9 Å². The van der Waals surface area contributed by atoms with E-state index in [9.17, 15) is 9.36 Å². The molecule has 0 radical (unpaired) electrons. The minimum Gasteiger partial charge on any atom is -0.457 e. The molecule has 0 amide bonds. The lowest BCUT2D eigenvalue weighted by Gasteiger charge is -2.25. The molecule has 0 aliphatic heterocycles. The smallest absolute Gasteiger partial charge is 0.335 e. The molecular weight excluding hydrogens is 351 g/mol. The molecular formula is C20H31O5P. The van der Waals surface area contributed by atoms with Crippen molar-refractivity contribution < 1.29 is 23.1 Å². The van der Waals surface area contributed by atoms with Gasteiger partial charge in [-0.3, -0.25) is 4.57 Å². The molecule has 0 aliphatic carbocycles. The number of benzene rings is 1. The van der Waals surface area contributed by atoms with Gasteiger partial charge in [0, 0.05) is 5.57 Å². The molecule has 0 aromatic heterocycles. The molecule has 26 heavy (non-hydrogen) atoms. The number of carbonyl (C=O) groups excluding carboxylic acids is 1.